The Kier molecular flexibility index (Phi) is 2.95. The van der Waals surface area contributed by atoms with Crippen LogP contribution in [-0.2, 0) is 0 Å². The fourth-order valence-electron chi connectivity index (χ4n) is 2.11. The van der Waals surface area contributed by atoms with Crippen molar-refractivity contribution in [3.8, 4) is 0 Å². The van der Waals surface area contributed by atoms with Gasteiger partial charge in [-0.25, -0.2) is 0 Å². The van der Waals surface area contributed by atoms with Gasteiger partial charge in [0.2, 0.25) is 0 Å². The molecule has 0 bridgehead atoms. The molecule has 0 nitrogen and oxygen atoms in total. The van der Waals surface area contributed by atoms with Gasteiger partial charge in [0.1, 0.15) is 0 Å². The van der Waals surface area contributed by atoms with Gasteiger partial charge in [-0.2, -0.15) is 0 Å². The molecule has 0 saturated heterocycles. The van der Waals surface area contributed by atoms with Crippen molar-refractivity contribution in [2.24, 2.45) is 0 Å². The summed E-state index contributed by atoms with van der Waals surface area (Å²) in [5.74, 6) is 0.737. The molecule has 0 radical (unpaired) electrons. The minimum Gasteiger partial charge on any atom is -0.149 e. The van der Waals surface area contributed by atoms with Crippen LogP contribution >= 0.6 is 22.9 Å². The van der Waals surface area contributed by atoms with Crippen LogP contribution in [0.2, 0.25) is 0 Å². The van der Waals surface area contributed by atoms with Gasteiger partial charge < -0.3 is 0 Å². The first-order valence-corrected chi connectivity index (χ1v) is 6.26. The van der Waals surface area contributed by atoms with Crippen molar-refractivity contribution in [3.05, 3.63) is 21.9 Å². The second-order valence-corrected chi connectivity index (χ2v) is 5.68. The van der Waals surface area contributed by atoms with Crippen LogP contribution in [-0.4, -0.2) is 5.38 Å². The van der Waals surface area contributed by atoms with Gasteiger partial charge in [-0.05, 0) is 49.1 Å². The molecule has 1 fully saturated rings. The van der Waals surface area contributed by atoms with E-state index in [4.69, 9.17) is 11.6 Å². The number of rotatable bonds is 1. The largest absolute Gasteiger partial charge is 0.149 e. The second kappa shape index (κ2) is 4.02. The van der Waals surface area contributed by atoms with Crippen molar-refractivity contribution in [2.45, 2.75) is 43.9 Å². The molecular weight excluding hydrogens is 200 g/mol. The van der Waals surface area contributed by atoms with Crippen LogP contribution in [0.4, 0.5) is 0 Å². The van der Waals surface area contributed by atoms with Crippen molar-refractivity contribution < 1.29 is 0 Å². The summed E-state index contributed by atoms with van der Waals surface area (Å²) < 4.78 is 0. The molecule has 1 aliphatic rings. The molecule has 0 aromatic carbocycles. The normalized spacial score (nSPS) is 29.1. The van der Waals surface area contributed by atoms with Gasteiger partial charge in [-0.3, -0.25) is 0 Å². The Bertz CT molecular complexity index is 279. The van der Waals surface area contributed by atoms with Crippen LogP contribution in [0.5, 0.6) is 0 Å². The third-order valence-corrected chi connectivity index (χ3v) is 4.11. The topological polar surface area (TPSA) is 0 Å². The van der Waals surface area contributed by atoms with E-state index in [1.165, 1.54) is 36.1 Å². The number of thiophene rings is 1. The minimum atomic E-state index is 0.416. The molecule has 2 heteroatoms. The predicted octanol–water partition coefficient (Wildman–Crippen LogP) is 4.32. The molecule has 13 heavy (non-hydrogen) atoms. The predicted molar refractivity (Wildman–Crippen MR) is 59.9 cm³/mol. The molecule has 1 aromatic heterocycles. The first kappa shape index (κ1) is 9.54. The maximum Gasteiger partial charge on any atom is 0.0341 e. The van der Waals surface area contributed by atoms with E-state index in [1.807, 2.05) is 11.3 Å². The molecule has 0 amide bonds. The molecular formula is C11H15ClS. The minimum absolute atomic E-state index is 0.416. The summed E-state index contributed by atoms with van der Waals surface area (Å²) in [7, 11) is 0. The third-order valence-electron chi connectivity index (χ3n) is 2.83. The lowest BCUT2D eigenvalue weighted by atomic mass is 9.85. The van der Waals surface area contributed by atoms with Crippen LogP contribution in [0, 0.1) is 6.92 Å². The molecule has 2 atom stereocenters. The Labute approximate surface area is 88.9 Å². The van der Waals surface area contributed by atoms with Gasteiger partial charge >= 0.3 is 0 Å². The SMILES string of the molecule is Cc1cc(C2CCCC(Cl)C2)cs1. The molecule has 72 valence electrons. The highest BCUT2D eigenvalue weighted by Crippen LogP contribution is 2.36. The van der Waals surface area contributed by atoms with Crippen molar-refractivity contribution in [2.75, 3.05) is 0 Å². The number of aryl methyl sites for hydroxylation is 1. The van der Waals surface area contributed by atoms with Gasteiger partial charge in [-0.15, -0.1) is 22.9 Å². The highest BCUT2D eigenvalue weighted by Gasteiger charge is 2.21. The van der Waals surface area contributed by atoms with E-state index < -0.39 is 0 Å². The van der Waals surface area contributed by atoms with Gasteiger partial charge in [0, 0.05) is 10.3 Å². The third kappa shape index (κ3) is 2.26. The summed E-state index contributed by atoms with van der Waals surface area (Å²) >= 11 is 8.03. The fourth-order valence-corrected chi connectivity index (χ4v) is 3.27. The van der Waals surface area contributed by atoms with E-state index in [2.05, 4.69) is 18.4 Å². The number of hydrogen-bond acceptors (Lipinski definition) is 1. The summed E-state index contributed by atoms with van der Waals surface area (Å²) in [6, 6.07) is 2.32. The van der Waals surface area contributed by atoms with E-state index in [9.17, 15) is 0 Å². The van der Waals surface area contributed by atoms with Crippen LogP contribution in [0.1, 0.15) is 42.0 Å². The van der Waals surface area contributed by atoms with Crippen LogP contribution in [0.15, 0.2) is 11.4 Å². The zero-order valence-corrected chi connectivity index (χ0v) is 9.50. The highest BCUT2D eigenvalue weighted by atomic mass is 35.5. The molecule has 0 N–H and O–H groups in total. The average molecular weight is 215 g/mol. The number of hydrogen-bond donors (Lipinski definition) is 0. The van der Waals surface area contributed by atoms with Crippen LogP contribution < -0.4 is 0 Å². The Morgan fingerprint density at radius 1 is 1.46 bits per heavy atom. The van der Waals surface area contributed by atoms with E-state index in [1.54, 1.807) is 0 Å². The van der Waals surface area contributed by atoms with E-state index >= 15 is 0 Å². The van der Waals surface area contributed by atoms with Crippen molar-refractivity contribution in [1.82, 2.24) is 0 Å². The molecule has 1 aliphatic carbocycles. The lowest BCUT2D eigenvalue weighted by molar-refractivity contribution is 0.450. The van der Waals surface area contributed by atoms with Crippen molar-refractivity contribution in [1.29, 1.82) is 0 Å². The first-order valence-electron chi connectivity index (χ1n) is 4.95. The van der Waals surface area contributed by atoms with Crippen LogP contribution in [0.3, 0.4) is 0 Å². The van der Waals surface area contributed by atoms with Gasteiger partial charge in [0.05, 0.1) is 0 Å². The lowest BCUT2D eigenvalue weighted by Crippen LogP contribution is -2.13. The Hall–Kier alpha value is -0.0100. The van der Waals surface area contributed by atoms with Crippen molar-refractivity contribution >= 4 is 22.9 Å². The van der Waals surface area contributed by atoms with Crippen molar-refractivity contribution in [3.63, 3.8) is 0 Å². The Morgan fingerprint density at radius 3 is 2.92 bits per heavy atom. The molecule has 1 saturated carbocycles. The molecule has 0 spiro atoms. The fraction of sp³-hybridized carbons (Fsp3) is 0.636. The standard InChI is InChI=1S/C11H15ClS/c1-8-5-10(7-13-8)9-3-2-4-11(12)6-9/h5,7,9,11H,2-4,6H2,1H3. The number of alkyl halides is 1. The Balaban J connectivity index is 2.08. The summed E-state index contributed by atoms with van der Waals surface area (Å²) in [4.78, 5) is 1.42. The molecule has 2 rings (SSSR count). The summed E-state index contributed by atoms with van der Waals surface area (Å²) in [6.07, 6.45) is 5.02. The van der Waals surface area contributed by atoms with E-state index in [0.29, 0.717) is 5.38 Å². The zero-order chi connectivity index (χ0) is 9.26. The molecule has 1 aromatic rings. The van der Waals surface area contributed by atoms with E-state index in [0.717, 1.165) is 5.92 Å². The highest BCUT2D eigenvalue weighted by molar-refractivity contribution is 7.10. The average Bonchev–Trinajstić information content (AvgIpc) is 2.52. The Morgan fingerprint density at radius 2 is 2.31 bits per heavy atom. The maximum absolute atomic E-state index is 6.17. The molecule has 1 heterocycles. The number of halogens is 1. The quantitative estimate of drug-likeness (QED) is 0.611. The zero-order valence-electron chi connectivity index (χ0n) is 7.92. The molecule has 2 unspecified atom stereocenters. The summed E-state index contributed by atoms with van der Waals surface area (Å²) in [6.45, 7) is 2.18. The second-order valence-electron chi connectivity index (χ2n) is 3.95. The van der Waals surface area contributed by atoms with Gasteiger partial charge in [0.15, 0.2) is 0 Å². The first-order chi connectivity index (χ1) is 6.25. The maximum atomic E-state index is 6.17. The molecule has 0 aliphatic heterocycles. The lowest BCUT2D eigenvalue weighted by Gasteiger charge is -2.24. The smallest absolute Gasteiger partial charge is 0.0341 e. The summed E-state index contributed by atoms with van der Waals surface area (Å²) in [5, 5.41) is 2.72. The van der Waals surface area contributed by atoms with Gasteiger partial charge in [0.25, 0.3) is 0 Å². The van der Waals surface area contributed by atoms with Gasteiger partial charge in [-0.1, -0.05) is 6.42 Å². The van der Waals surface area contributed by atoms with Crippen LogP contribution in [0.25, 0.3) is 0 Å². The van der Waals surface area contributed by atoms with E-state index in [-0.39, 0.29) is 0 Å². The summed E-state index contributed by atoms with van der Waals surface area (Å²) in [5.41, 5.74) is 1.52. The monoisotopic (exact) mass is 214 g/mol.